The molecule has 0 amide bonds. The molecule has 6 aromatic heterocycles. The number of rotatable bonds is 20. The van der Waals surface area contributed by atoms with Gasteiger partial charge in [-0.3, -0.25) is 24.4 Å². The first-order valence-electron chi connectivity index (χ1n) is 24.2. The number of aliphatic hydroxyl groups is 1. The van der Waals surface area contributed by atoms with Gasteiger partial charge in [-0.15, -0.1) is 0 Å². The number of esters is 2. The Labute approximate surface area is 445 Å². The smallest absolute Gasteiger partial charge is 0.434 e. The minimum absolute atomic E-state index is 0.0232. The van der Waals surface area contributed by atoms with Crippen molar-refractivity contribution in [3.8, 4) is 51.2 Å². The van der Waals surface area contributed by atoms with Crippen molar-refractivity contribution in [3.05, 3.63) is 107 Å². The Balaban J connectivity index is 0.000000292. The lowest BCUT2D eigenvalue weighted by Gasteiger charge is -2.21. The van der Waals surface area contributed by atoms with Crippen LogP contribution in [0.15, 0.2) is 90.5 Å². The van der Waals surface area contributed by atoms with Gasteiger partial charge in [-0.2, -0.15) is 26.3 Å². The molecule has 0 aliphatic carbocycles. The maximum atomic E-state index is 13.4. The Morgan fingerprint density at radius 3 is 1.39 bits per heavy atom. The highest BCUT2D eigenvalue weighted by atomic mass is 28.3. The summed E-state index contributed by atoms with van der Waals surface area (Å²) in [7, 11) is -0.00666. The minimum Gasteiger partial charge on any atom is -0.476 e. The number of methoxy groups -OCH3 is 2. The number of nitrogens with one attached hydrogen (secondary N) is 1. The average molecular weight is 1120 g/mol. The Bertz CT molecular complexity index is 2880. The molecule has 77 heavy (non-hydrogen) atoms. The second-order valence-corrected chi connectivity index (χ2v) is 32.7. The number of halogens is 6. The predicted octanol–water partition coefficient (Wildman–Crippen LogP) is 10.7. The van der Waals surface area contributed by atoms with Gasteiger partial charge >= 0.3 is 24.3 Å². The van der Waals surface area contributed by atoms with E-state index in [1.165, 1.54) is 48.0 Å². The van der Waals surface area contributed by atoms with Gasteiger partial charge < -0.3 is 42.9 Å². The lowest BCUT2D eigenvalue weighted by atomic mass is 9.95. The van der Waals surface area contributed by atoms with Crippen LogP contribution >= 0.6 is 0 Å². The van der Waals surface area contributed by atoms with Crippen LogP contribution in [0.4, 0.5) is 26.3 Å². The number of imidazole rings is 2. The molecule has 6 heterocycles. The Morgan fingerprint density at radius 2 is 1.04 bits per heavy atom. The van der Waals surface area contributed by atoms with Gasteiger partial charge in [-0.05, 0) is 76.2 Å². The van der Waals surface area contributed by atoms with Gasteiger partial charge in [-0.1, -0.05) is 39.3 Å². The summed E-state index contributed by atoms with van der Waals surface area (Å²) in [5, 5.41) is 8.59. The molecule has 17 nitrogen and oxygen atoms in total. The van der Waals surface area contributed by atoms with E-state index in [-0.39, 0.29) is 55.8 Å². The summed E-state index contributed by atoms with van der Waals surface area (Å²) in [4.78, 5) is 56.8. The number of ether oxygens (including phenoxy) is 5. The number of pyridine rings is 4. The molecule has 25 heteroatoms. The number of carbonyl (C=O) groups is 2. The second kappa shape index (κ2) is 26.7. The molecular weight excluding hydrogens is 1050 g/mol. The van der Waals surface area contributed by atoms with E-state index in [2.05, 4.69) is 73.9 Å². The maximum Gasteiger partial charge on any atom is 0.434 e. The highest BCUT2D eigenvalue weighted by Crippen LogP contribution is 2.33. The third-order valence-corrected chi connectivity index (χ3v) is 14.6. The fourth-order valence-electron chi connectivity index (χ4n) is 6.36. The van der Waals surface area contributed by atoms with Gasteiger partial charge in [0.1, 0.15) is 31.7 Å². The van der Waals surface area contributed by atoms with Crippen molar-refractivity contribution in [2.24, 2.45) is 10.8 Å². The summed E-state index contributed by atoms with van der Waals surface area (Å²) < 4.78 is 109. The highest BCUT2D eigenvalue weighted by molar-refractivity contribution is 6.76. The zero-order valence-corrected chi connectivity index (χ0v) is 47.4. The van der Waals surface area contributed by atoms with E-state index in [1.807, 2.05) is 0 Å². The van der Waals surface area contributed by atoms with Crippen LogP contribution in [0.25, 0.3) is 45.3 Å². The third-order valence-electron chi connectivity index (χ3n) is 11.2. The van der Waals surface area contributed by atoms with Gasteiger partial charge in [0.25, 0.3) is 0 Å². The van der Waals surface area contributed by atoms with Crippen molar-refractivity contribution in [2.75, 3.05) is 40.6 Å². The van der Waals surface area contributed by atoms with Crippen molar-refractivity contribution in [2.45, 2.75) is 105 Å². The van der Waals surface area contributed by atoms with Crippen LogP contribution in [0, 0.1) is 10.8 Å². The van der Waals surface area contributed by atoms with Crippen molar-refractivity contribution in [3.63, 3.8) is 0 Å². The third kappa shape index (κ3) is 19.8. The second-order valence-electron chi connectivity index (χ2n) is 21.4. The number of hydrogen-bond donors (Lipinski definition) is 2. The van der Waals surface area contributed by atoms with Crippen molar-refractivity contribution in [1.82, 2.24) is 39.0 Å². The van der Waals surface area contributed by atoms with Crippen molar-refractivity contribution in [1.29, 1.82) is 0 Å². The van der Waals surface area contributed by atoms with Crippen LogP contribution in [0.1, 0.15) is 39.1 Å². The molecule has 420 valence electrons. The molecule has 0 unspecified atom stereocenters. The molecule has 0 spiro atoms. The van der Waals surface area contributed by atoms with Crippen molar-refractivity contribution < 1.29 is 64.7 Å². The van der Waals surface area contributed by atoms with Gasteiger partial charge in [0.2, 0.25) is 11.4 Å². The van der Waals surface area contributed by atoms with Crippen LogP contribution in [-0.4, -0.2) is 113 Å². The van der Waals surface area contributed by atoms with E-state index in [9.17, 15) is 40.7 Å². The van der Waals surface area contributed by atoms with E-state index in [0.717, 1.165) is 24.5 Å². The van der Waals surface area contributed by atoms with Crippen LogP contribution in [0.5, 0.6) is 5.88 Å². The lowest BCUT2D eigenvalue weighted by molar-refractivity contribution is -0.153. The molecule has 0 saturated carbocycles. The summed E-state index contributed by atoms with van der Waals surface area (Å²) in [5.41, 5.74) is -0.386. The lowest BCUT2D eigenvalue weighted by Crippen LogP contribution is -2.32. The Kier molecular flexibility index (Phi) is 21.8. The molecule has 2 N–H and O–H groups in total. The summed E-state index contributed by atoms with van der Waals surface area (Å²) in [5.74, 6) is -0.182. The molecular formula is C52H68F6N8O9Si2. The number of aromatic nitrogens is 8. The first-order valence-corrected chi connectivity index (χ1v) is 31.6. The molecule has 0 aliphatic rings. The monoisotopic (exact) mass is 1120 g/mol. The van der Waals surface area contributed by atoms with E-state index < -0.39 is 50.7 Å². The number of aromatic amines is 1. The number of H-pyrrole nitrogens is 1. The van der Waals surface area contributed by atoms with Gasteiger partial charge in [0, 0.05) is 101 Å². The number of nitrogens with zero attached hydrogens (tertiary/aromatic N) is 7. The van der Waals surface area contributed by atoms with E-state index in [4.69, 9.17) is 24.1 Å². The molecule has 6 rings (SSSR count). The average Bonchev–Trinajstić information content (AvgIpc) is 4.02. The zero-order chi connectivity index (χ0) is 57.6. The molecule has 0 fully saturated rings. The first kappa shape index (κ1) is 63.0. The summed E-state index contributed by atoms with van der Waals surface area (Å²) in [6.45, 7) is 20.7. The molecule has 0 saturated heterocycles. The SMILES string of the molecule is COC(=O)C(C)(C)CO.COC(=O)C(C)(C)COc1ccc(-c2ccc(-c3nc(C(F)(F)F)cn3COCC[Si](C)(C)C)cn2)cn1.C[Si](C)(C)CCOCn1cc(C(F)(F)F)nc1-c1ccc(-c2ccc(=O)[nH]c2)nc1. The zero-order valence-electron chi connectivity index (χ0n) is 45.4. The largest absolute Gasteiger partial charge is 0.476 e. The summed E-state index contributed by atoms with van der Waals surface area (Å²) >= 11 is 0. The quantitative estimate of drug-likeness (QED) is 0.0316. The number of carbonyl (C=O) groups excluding carboxylic acids is 2. The Hall–Kier alpha value is -6.55. The van der Waals surface area contributed by atoms with Crippen LogP contribution in [-0.2, 0) is 54.4 Å². The first-order chi connectivity index (χ1) is 35.8. The normalized spacial score (nSPS) is 12.2. The standard InChI is InChI=1S/C26H33F3N4O4Si.C20H23F3N4O2Si.C6H12O3/c1-25(2,24(34)35-3)16-37-22-10-8-18(13-31-22)20-9-7-19(14-30-20)23-32-21(26(27,28)29)15-33(23)17-36-11-12-38(4,5)6;1-30(2,3)9-8-29-13-27-12-17(20(21,22)23)26-19(27)15-4-6-16(24-11-15)14-5-7-18(28)25-10-14;1-6(2,4-7)5(8)9-3/h7-10,13-15H,11-12,16-17H2,1-6H3;4-7,10-12H,8-9,13H2,1-3H3,(H,25,28);7H,4H2,1-3H3. The number of hydrogen-bond acceptors (Lipinski definition) is 14. The predicted molar refractivity (Wildman–Crippen MR) is 283 cm³/mol. The molecule has 6 aromatic rings. The van der Waals surface area contributed by atoms with Gasteiger partial charge in [-0.25, -0.2) is 15.0 Å². The van der Waals surface area contributed by atoms with E-state index >= 15 is 0 Å². The van der Waals surface area contributed by atoms with E-state index in [1.54, 1.807) is 76.4 Å². The summed E-state index contributed by atoms with van der Waals surface area (Å²) in [6, 6.07) is 14.9. The molecule has 0 bridgehead atoms. The Morgan fingerprint density at radius 1 is 0.610 bits per heavy atom. The molecule has 0 radical (unpaired) electrons. The number of aliphatic hydroxyl groups excluding tert-OH is 1. The molecule has 0 aromatic carbocycles. The van der Waals surface area contributed by atoms with Crippen LogP contribution < -0.4 is 10.3 Å². The fraction of sp³-hybridized carbons (Fsp3) is 0.462. The fourth-order valence-corrected chi connectivity index (χ4v) is 7.87. The minimum atomic E-state index is -4.58. The van der Waals surface area contributed by atoms with Crippen molar-refractivity contribution >= 4 is 28.1 Å². The van der Waals surface area contributed by atoms with Crippen LogP contribution in [0.2, 0.25) is 51.4 Å². The van der Waals surface area contributed by atoms with Crippen LogP contribution in [0.3, 0.4) is 0 Å². The topological polar surface area (TPSA) is 208 Å². The van der Waals surface area contributed by atoms with E-state index in [0.29, 0.717) is 52.7 Å². The number of alkyl halides is 6. The molecule has 0 aliphatic heterocycles. The highest BCUT2D eigenvalue weighted by Gasteiger charge is 2.36. The molecule has 0 atom stereocenters. The summed E-state index contributed by atoms with van der Waals surface area (Å²) in [6.07, 6.45) is -1.19. The van der Waals surface area contributed by atoms with Gasteiger partial charge in [0.05, 0.1) is 43.0 Å². The van der Waals surface area contributed by atoms with Gasteiger partial charge in [0.15, 0.2) is 11.4 Å². The maximum absolute atomic E-state index is 13.4.